The summed E-state index contributed by atoms with van der Waals surface area (Å²) in [7, 11) is 1.67. The number of aryl methyl sites for hydroxylation is 1. The fraction of sp³-hybridized carbons (Fsp3) is 0.167. The maximum absolute atomic E-state index is 10.7. The van der Waals surface area contributed by atoms with Gasteiger partial charge in [0.1, 0.15) is 12.4 Å². The van der Waals surface area contributed by atoms with Crippen LogP contribution in [0.4, 0.5) is 5.82 Å². The van der Waals surface area contributed by atoms with Crippen LogP contribution in [0.2, 0.25) is 0 Å². The van der Waals surface area contributed by atoms with Crippen LogP contribution in [0.1, 0.15) is 11.1 Å². The van der Waals surface area contributed by atoms with E-state index in [2.05, 4.69) is 39.5 Å². The lowest BCUT2D eigenvalue weighted by Crippen LogP contribution is -2.12. The molecule has 0 aliphatic carbocycles. The highest BCUT2D eigenvalue weighted by molar-refractivity contribution is 5.85. The van der Waals surface area contributed by atoms with Crippen LogP contribution >= 0.6 is 12.4 Å². The van der Waals surface area contributed by atoms with Crippen LogP contribution in [0.15, 0.2) is 65.3 Å². The molecule has 0 saturated carbocycles. The number of hydrogen-bond donors (Lipinski definition) is 2. The molecule has 0 unspecified atom stereocenters. The second-order valence-corrected chi connectivity index (χ2v) is 7.22. The van der Waals surface area contributed by atoms with Crippen molar-refractivity contribution in [1.29, 1.82) is 0 Å². The smallest absolute Gasteiger partial charge is 0.322 e. The number of pyridine rings is 1. The van der Waals surface area contributed by atoms with E-state index in [9.17, 15) is 4.79 Å². The van der Waals surface area contributed by atoms with Gasteiger partial charge in [0.2, 0.25) is 5.82 Å². The highest BCUT2D eigenvalue weighted by atomic mass is 35.5. The van der Waals surface area contributed by atoms with Crippen molar-refractivity contribution in [2.45, 2.75) is 13.5 Å². The zero-order chi connectivity index (χ0) is 22.5. The zero-order valence-corrected chi connectivity index (χ0v) is 18.9. The molecule has 2 heterocycles. The van der Waals surface area contributed by atoms with Gasteiger partial charge < -0.3 is 19.7 Å². The van der Waals surface area contributed by atoms with Crippen LogP contribution in [0, 0.1) is 6.92 Å². The fourth-order valence-electron chi connectivity index (χ4n) is 3.39. The lowest BCUT2D eigenvalue weighted by molar-refractivity contribution is -0.134. The van der Waals surface area contributed by atoms with E-state index in [1.165, 1.54) is 5.56 Å². The van der Waals surface area contributed by atoms with Crippen molar-refractivity contribution in [2.75, 3.05) is 19.0 Å². The molecule has 4 rings (SSSR count). The first-order valence-corrected chi connectivity index (χ1v) is 9.99. The number of benzene rings is 2. The molecule has 4 aromatic rings. The van der Waals surface area contributed by atoms with E-state index in [0.717, 1.165) is 22.3 Å². The Bertz CT molecular complexity index is 1240. The molecule has 0 aliphatic rings. The lowest BCUT2D eigenvalue weighted by Gasteiger charge is -2.12. The number of hydrogen-bond acceptors (Lipinski definition) is 7. The van der Waals surface area contributed by atoms with Crippen molar-refractivity contribution in [3.05, 3.63) is 71.9 Å². The van der Waals surface area contributed by atoms with Crippen molar-refractivity contribution >= 4 is 24.2 Å². The fourth-order valence-corrected chi connectivity index (χ4v) is 3.39. The molecule has 0 aliphatic heterocycles. The van der Waals surface area contributed by atoms with E-state index < -0.39 is 5.97 Å². The summed E-state index contributed by atoms with van der Waals surface area (Å²) in [5, 5.41) is 15.5. The van der Waals surface area contributed by atoms with Crippen molar-refractivity contribution in [2.24, 2.45) is 0 Å². The van der Waals surface area contributed by atoms with Crippen molar-refractivity contribution in [1.82, 2.24) is 15.1 Å². The number of ether oxygens (including phenoxy) is 1. The van der Waals surface area contributed by atoms with E-state index in [4.69, 9.17) is 14.4 Å². The van der Waals surface area contributed by atoms with Gasteiger partial charge in [0.15, 0.2) is 0 Å². The molecule has 0 amide bonds. The van der Waals surface area contributed by atoms with Crippen molar-refractivity contribution in [3.8, 4) is 34.0 Å². The Labute approximate surface area is 197 Å². The second-order valence-electron chi connectivity index (χ2n) is 7.22. The normalized spacial score (nSPS) is 10.5. The monoisotopic (exact) mass is 466 g/mol. The number of nitrogens with one attached hydrogen (secondary N) is 1. The number of carboxylic acids is 1. The van der Waals surface area contributed by atoms with Crippen LogP contribution < -0.4 is 5.32 Å². The molecule has 8 nitrogen and oxygen atoms in total. The summed E-state index contributed by atoms with van der Waals surface area (Å²) in [6.45, 7) is 2.33. The Kier molecular flexibility index (Phi) is 7.76. The molecule has 0 fully saturated rings. The second kappa shape index (κ2) is 10.7. The molecule has 170 valence electrons. The molecule has 0 spiro atoms. The topological polar surface area (TPSA) is 110 Å². The van der Waals surface area contributed by atoms with Gasteiger partial charge in [0, 0.05) is 24.4 Å². The van der Waals surface area contributed by atoms with Crippen LogP contribution in [0.25, 0.3) is 34.0 Å². The molecule has 2 aromatic heterocycles. The first kappa shape index (κ1) is 23.9. The number of anilines is 1. The molecular weight excluding hydrogens is 444 g/mol. The Balaban J connectivity index is 0.00000306. The first-order valence-electron chi connectivity index (χ1n) is 9.99. The largest absolute Gasteiger partial charge is 0.480 e. The van der Waals surface area contributed by atoms with Gasteiger partial charge in [-0.05, 0) is 53.4 Å². The average Bonchev–Trinajstić information content (AvgIpc) is 3.29. The summed E-state index contributed by atoms with van der Waals surface area (Å²) in [5.41, 5.74) is 5.92. The molecule has 33 heavy (non-hydrogen) atoms. The van der Waals surface area contributed by atoms with E-state index in [0.29, 0.717) is 29.7 Å². The summed E-state index contributed by atoms with van der Waals surface area (Å²) in [5.74, 6) is 0.283. The van der Waals surface area contributed by atoms with Gasteiger partial charge in [-0.1, -0.05) is 35.5 Å². The van der Waals surface area contributed by atoms with Crippen LogP contribution in [-0.2, 0) is 16.1 Å². The number of aromatic nitrogens is 3. The molecule has 0 saturated heterocycles. The lowest BCUT2D eigenvalue weighted by atomic mass is 9.94. The molecular formula is C24H23ClN4O4. The zero-order valence-electron chi connectivity index (χ0n) is 18.1. The van der Waals surface area contributed by atoms with E-state index in [1.807, 2.05) is 30.3 Å². The van der Waals surface area contributed by atoms with Crippen molar-refractivity contribution < 1.29 is 19.2 Å². The van der Waals surface area contributed by atoms with Gasteiger partial charge >= 0.3 is 5.97 Å². The Hall–Kier alpha value is -3.75. The van der Waals surface area contributed by atoms with E-state index in [1.54, 1.807) is 25.4 Å². The Morgan fingerprint density at radius 2 is 1.88 bits per heavy atom. The van der Waals surface area contributed by atoms with Gasteiger partial charge in [-0.15, -0.1) is 12.4 Å². The first-order chi connectivity index (χ1) is 15.5. The minimum Gasteiger partial charge on any atom is -0.480 e. The predicted octanol–water partition coefficient (Wildman–Crippen LogP) is 4.84. The van der Waals surface area contributed by atoms with Gasteiger partial charge in [0.25, 0.3) is 5.89 Å². The summed E-state index contributed by atoms with van der Waals surface area (Å²) >= 11 is 0. The standard InChI is InChI=1S/C24H22N4O4.ClH/c1-15-5-3-4-6-19(15)20-9-7-16(11-18(20)14-31-2)24-27-23(28-32-24)17-8-10-21(25-12-17)26-13-22(29)30;/h3-12H,13-14H2,1-2H3,(H,25,26)(H,29,30);1H. The van der Waals surface area contributed by atoms with Gasteiger partial charge in [-0.3, -0.25) is 4.79 Å². The minimum atomic E-state index is -0.958. The third-order valence-electron chi connectivity index (χ3n) is 4.96. The van der Waals surface area contributed by atoms with Crippen LogP contribution in [0.5, 0.6) is 0 Å². The SMILES string of the molecule is COCc1cc(-c2nc(-c3ccc(NCC(=O)O)nc3)no2)ccc1-c1ccccc1C.Cl. The van der Waals surface area contributed by atoms with E-state index in [-0.39, 0.29) is 19.0 Å². The average molecular weight is 467 g/mol. The number of aliphatic carboxylic acids is 1. The summed E-state index contributed by atoms with van der Waals surface area (Å²) < 4.78 is 10.9. The van der Waals surface area contributed by atoms with Gasteiger partial charge in [-0.2, -0.15) is 4.98 Å². The number of methoxy groups -OCH3 is 1. The molecule has 9 heteroatoms. The number of nitrogens with zero attached hydrogens (tertiary/aromatic N) is 3. The third kappa shape index (κ3) is 5.54. The van der Waals surface area contributed by atoms with Gasteiger partial charge in [0.05, 0.1) is 6.61 Å². The molecule has 0 bridgehead atoms. The highest BCUT2D eigenvalue weighted by Gasteiger charge is 2.15. The number of rotatable bonds is 8. The maximum atomic E-state index is 10.7. The number of carbonyl (C=O) groups is 1. The molecule has 2 N–H and O–H groups in total. The summed E-state index contributed by atoms with van der Waals surface area (Å²) in [4.78, 5) is 19.3. The molecule has 0 radical (unpaired) electrons. The molecule has 0 atom stereocenters. The summed E-state index contributed by atoms with van der Waals surface area (Å²) in [6, 6.07) is 17.6. The van der Waals surface area contributed by atoms with Crippen LogP contribution in [-0.4, -0.2) is 39.9 Å². The Morgan fingerprint density at radius 1 is 1.09 bits per heavy atom. The Morgan fingerprint density at radius 3 is 2.58 bits per heavy atom. The maximum Gasteiger partial charge on any atom is 0.322 e. The number of halogens is 1. The van der Waals surface area contributed by atoms with E-state index >= 15 is 0 Å². The summed E-state index contributed by atoms with van der Waals surface area (Å²) in [6.07, 6.45) is 1.57. The molecule has 2 aromatic carbocycles. The van der Waals surface area contributed by atoms with Crippen molar-refractivity contribution in [3.63, 3.8) is 0 Å². The van der Waals surface area contributed by atoms with Gasteiger partial charge in [-0.25, -0.2) is 4.98 Å². The highest BCUT2D eigenvalue weighted by Crippen LogP contribution is 2.31. The number of carboxylic acid groups (broad SMARTS) is 1. The van der Waals surface area contributed by atoms with Crippen LogP contribution in [0.3, 0.4) is 0 Å². The quantitative estimate of drug-likeness (QED) is 0.379. The minimum absolute atomic E-state index is 0. The predicted molar refractivity (Wildman–Crippen MR) is 127 cm³/mol. The third-order valence-corrected chi connectivity index (χ3v) is 4.96.